The van der Waals surface area contributed by atoms with Crippen molar-refractivity contribution in [3.8, 4) is 5.75 Å². The summed E-state index contributed by atoms with van der Waals surface area (Å²) < 4.78 is 5.30. The summed E-state index contributed by atoms with van der Waals surface area (Å²) in [5.74, 6) is 0.284. The SMILES string of the molecule is COc1ccccc1C(=O)N1CCN(c2cccc(C)c2C)C(=O)C1C. The van der Waals surface area contributed by atoms with Crippen molar-refractivity contribution in [1.29, 1.82) is 0 Å². The molecular weight excluding hydrogens is 328 g/mol. The van der Waals surface area contributed by atoms with Gasteiger partial charge in [0, 0.05) is 18.8 Å². The van der Waals surface area contributed by atoms with E-state index in [4.69, 9.17) is 4.74 Å². The molecule has 1 fully saturated rings. The van der Waals surface area contributed by atoms with E-state index in [1.807, 2.05) is 38.1 Å². The molecule has 1 aliphatic heterocycles. The molecule has 3 rings (SSSR count). The lowest BCUT2D eigenvalue weighted by Gasteiger charge is -2.40. The van der Waals surface area contributed by atoms with E-state index < -0.39 is 6.04 Å². The number of hydrogen-bond donors (Lipinski definition) is 0. The van der Waals surface area contributed by atoms with E-state index in [-0.39, 0.29) is 11.8 Å². The third-order valence-electron chi connectivity index (χ3n) is 5.12. The number of nitrogens with zero attached hydrogens (tertiary/aromatic N) is 2. The Hall–Kier alpha value is -2.82. The highest BCUT2D eigenvalue weighted by Crippen LogP contribution is 2.28. The highest BCUT2D eigenvalue weighted by atomic mass is 16.5. The van der Waals surface area contributed by atoms with Crippen LogP contribution in [-0.2, 0) is 4.79 Å². The van der Waals surface area contributed by atoms with Crippen molar-refractivity contribution in [1.82, 2.24) is 4.90 Å². The Morgan fingerprint density at radius 2 is 1.81 bits per heavy atom. The van der Waals surface area contributed by atoms with Crippen LogP contribution in [0.3, 0.4) is 0 Å². The summed E-state index contributed by atoms with van der Waals surface area (Å²) in [6.45, 7) is 6.81. The van der Waals surface area contributed by atoms with E-state index >= 15 is 0 Å². The smallest absolute Gasteiger partial charge is 0.258 e. The summed E-state index contributed by atoms with van der Waals surface area (Å²) in [6.07, 6.45) is 0. The van der Waals surface area contributed by atoms with Crippen LogP contribution in [0.2, 0.25) is 0 Å². The number of aryl methyl sites for hydroxylation is 1. The van der Waals surface area contributed by atoms with Gasteiger partial charge in [0.25, 0.3) is 5.91 Å². The Morgan fingerprint density at radius 1 is 1.08 bits per heavy atom. The van der Waals surface area contributed by atoms with Crippen molar-refractivity contribution in [2.24, 2.45) is 0 Å². The van der Waals surface area contributed by atoms with Crippen molar-refractivity contribution in [3.63, 3.8) is 0 Å². The minimum atomic E-state index is -0.527. The maximum Gasteiger partial charge on any atom is 0.258 e. The first-order valence-corrected chi connectivity index (χ1v) is 8.77. The number of piperazine rings is 1. The predicted octanol–water partition coefficient (Wildman–Crippen LogP) is 3.19. The molecule has 2 aromatic rings. The maximum atomic E-state index is 13.0. The Labute approximate surface area is 154 Å². The molecule has 1 heterocycles. The van der Waals surface area contributed by atoms with Gasteiger partial charge in [-0.25, -0.2) is 0 Å². The third kappa shape index (κ3) is 3.05. The first-order valence-electron chi connectivity index (χ1n) is 8.77. The van der Waals surface area contributed by atoms with Crippen LogP contribution < -0.4 is 9.64 Å². The van der Waals surface area contributed by atoms with E-state index in [2.05, 4.69) is 0 Å². The second-order valence-corrected chi connectivity index (χ2v) is 6.58. The summed E-state index contributed by atoms with van der Waals surface area (Å²) >= 11 is 0. The molecule has 0 saturated carbocycles. The van der Waals surface area contributed by atoms with Crippen LogP contribution in [0.25, 0.3) is 0 Å². The number of methoxy groups -OCH3 is 1. The lowest BCUT2D eigenvalue weighted by Crippen LogP contribution is -2.58. The molecule has 0 aliphatic carbocycles. The van der Waals surface area contributed by atoms with Crippen LogP contribution in [0.15, 0.2) is 42.5 Å². The van der Waals surface area contributed by atoms with Gasteiger partial charge in [-0.2, -0.15) is 0 Å². The van der Waals surface area contributed by atoms with Crippen molar-refractivity contribution >= 4 is 17.5 Å². The fourth-order valence-electron chi connectivity index (χ4n) is 3.39. The van der Waals surface area contributed by atoms with Gasteiger partial charge in [0.05, 0.1) is 12.7 Å². The molecule has 0 spiro atoms. The molecule has 1 aliphatic rings. The third-order valence-corrected chi connectivity index (χ3v) is 5.12. The van der Waals surface area contributed by atoms with E-state index in [1.165, 1.54) is 0 Å². The van der Waals surface area contributed by atoms with Gasteiger partial charge in [-0.3, -0.25) is 9.59 Å². The van der Waals surface area contributed by atoms with Gasteiger partial charge in [0.15, 0.2) is 0 Å². The van der Waals surface area contributed by atoms with Gasteiger partial charge in [0.1, 0.15) is 11.8 Å². The van der Waals surface area contributed by atoms with Gasteiger partial charge in [-0.1, -0.05) is 24.3 Å². The molecule has 136 valence electrons. The number of anilines is 1. The molecule has 0 radical (unpaired) electrons. The molecule has 2 amide bonds. The number of amides is 2. The molecule has 1 unspecified atom stereocenters. The summed E-state index contributed by atoms with van der Waals surface area (Å²) in [5.41, 5.74) is 3.65. The predicted molar refractivity (Wildman–Crippen MR) is 102 cm³/mol. The highest BCUT2D eigenvalue weighted by Gasteiger charge is 2.36. The van der Waals surface area contributed by atoms with Crippen molar-refractivity contribution < 1.29 is 14.3 Å². The Bertz CT molecular complexity index is 847. The largest absolute Gasteiger partial charge is 0.496 e. The number of rotatable bonds is 3. The van der Waals surface area contributed by atoms with Gasteiger partial charge in [-0.15, -0.1) is 0 Å². The minimum absolute atomic E-state index is 0.0619. The summed E-state index contributed by atoms with van der Waals surface area (Å²) in [6, 6.07) is 12.5. The normalized spacial score (nSPS) is 17.4. The molecule has 1 atom stereocenters. The number of para-hydroxylation sites is 1. The van der Waals surface area contributed by atoms with Gasteiger partial charge < -0.3 is 14.5 Å². The second kappa shape index (κ2) is 7.20. The highest BCUT2D eigenvalue weighted by molar-refractivity contribution is 6.04. The molecule has 2 aromatic carbocycles. The molecule has 5 nitrogen and oxygen atoms in total. The standard InChI is InChI=1S/C21H24N2O3/c1-14-8-7-10-18(15(14)2)23-13-12-22(16(3)20(23)24)21(25)17-9-5-6-11-19(17)26-4/h5-11,16H,12-13H2,1-4H3. The zero-order valence-corrected chi connectivity index (χ0v) is 15.7. The fraction of sp³-hybridized carbons (Fsp3) is 0.333. The van der Waals surface area contributed by atoms with E-state index in [0.29, 0.717) is 24.4 Å². The quantitative estimate of drug-likeness (QED) is 0.852. The second-order valence-electron chi connectivity index (χ2n) is 6.58. The molecule has 1 saturated heterocycles. The van der Waals surface area contributed by atoms with Crippen LogP contribution in [0.1, 0.15) is 28.4 Å². The monoisotopic (exact) mass is 352 g/mol. The zero-order valence-electron chi connectivity index (χ0n) is 15.7. The van der Waals surface area contributed by atoms with Crippen LogP contribution in [0, 0.1) is 13.8 Å². The minimum Gasteiger partial charge on any atom is -0.496 e. The van der Waals surface area contributed by atoms with Crippen LogP contribution in [-0.4, -0.2) is 43.0 Å². The van der Waals surface area contributed by atoms with Crippen molar-refractivity contribution in [2.45, 2.75) is 26.8 Å². The van der Waals surface area contributed by atoms with Crippen molar-refractivity contribution in [2.75, 3.05) is 25.1 Å². The van der Waals surface area contributed by atoms with Gasteiger partial charge >= 0.3 is 0 Å². The average Bonchev–Trinajstić information content (AvgIpc) is 2.66. The number of benzene rings is 2. The summed E-state index contributed by atoms with van der Waals surface area (Å²) in [7, 11) is 1.54. The number of hydrogen-bond acceptors (Lipinski definition) is 3. The molecule has 0 bridgehead atoms. The zero-order chi connectivity index (χ0) is 18.8. The topological polar surface area (TPSA) is 49.9 Å². The van der Waals surface area contributed by atoms with Crippen LogP contribution in [0.5, 0.6) is 5.75 Å². The molecule has 5 heteroatoms. The lowest BCUT2D eigenvalue weighted by atomic mass is 10.0. The van der Waals surface area contributed by atoms with Gasteiger partial charge in [-0.05, 0) is 50.1 Å². The molecule has 0 N–H and O–H groups in total. The molecular formula is C21H24N2O3. The maximum absolute atomic E-state index is 13.0. The van der Waals surface area contributed by atoms with Crippen LogP contribution >= 0.6 is 0 Å². The Balaban J connectivity index is 1.86. The summed E-state index contributed by atoms with van der Waals surface area (Å²) in [5, 5.41) is 0. The van der Waals surface area contributed by atoms with E-state index in [9.17, 15) is 9.59 Å². The average molecular weight is 352 g/mol. The fourth-order valence-corrected chi connectivity index (χ4v) is 3.39. The number of carbonyl (C=O) groups excluding carboxylic acids is 2. The first kappa shape index (κ1) is 18.0. The Kier molecular flexibility index (Phi) is 4.98. The Morgan fingerprint density at radius 3 is 2.54 bits per heavy atom. The molecule has 26 heavy (non-hydrogen) atoms. The van der Waals surface area contributed by atoms with Crippen LogP contribution in [0.4, 0.5) is 5.69 Å². The van der Waals surface area contributed by atoms with Gasteiger partial charge in [0.2, 0.25) is 5.91 Å². The number of carbonyl (C=O) groups is 2. The van der Waals surface area contributed by atoms with Crippen molar-refractivity contribution in [3.05, 3.63) is 59.2 Å². The van der Waals surface area contributed by atoms with E-state index in [1.54, 1.807) is 42.0 Å². The molecule has 0 aromatic heterocycles. The first-order chi connectivity index (χ1) is 12.5. The summed E-state index contributed by atoms with van der Waals surface area (Å²) in [4.78, 5) is 29.4. The lowest BCUT2D eigenvalue weighted by molar-refractivity contribution is -0.124. The number of ether oxygens (including phenoxy) is 1. The van der Waals surface area contributed by atoms with E-state index in [0.717, 1.165) is 16.8 Å².